The summed E-state index contributed by atoms with van der Waals surface area (Å²) in [6.45, 7) is 3.92. The predicted octanol–water partition coefficient (Wildman–Crippen LogP) is 2.00. The molecule has 2 aromatic rings. The van der Waals surface area contributed by atoms with E-state index in [1.807, 2.05) is 11.7 Å². The Hall–Kier alpha value is -1.61. The third kappa shape index (κ3) is 1.28. The lowest BCUT2D eigenvalue weighted by Gasteiger charge is -2.06. The summed E-state index contributed by atoms with van der Waals surface area (Å²) in [5, 5.41) is 7.97. The van der Waals surface area contributed by atoms with Crippen LogP contribution in [0.4, 0.5) is 0 Å². The molecule has 0 fully saturated rings. The molecule has 3 rings (SSSR count). The second kappa shape index (κ2) is 3.46. The number of aryl methyl sites for hydroxylation is 2. The predicted molar refractivity (Wildman–Crippen MR) is 63.9 cm³/mol. The summed E-state index contributed by atoms with van der Waals surface area (Å²) in [5.74, 6) is 0. The lowest BCUT2D eigenvalue weighted by Crippen LogP contribution is -2.10. The fourth-order valence-electron chi connectivity index (χ4n) is 2.48. The molecular formula is C13H15N3. The van der Waals surface area contributed by atoms with E-state index in [-0.39, 0.29) is 0 Å². The Bertz CT molecular complexity index is 540. The van der Waals surface area contributed by atoms with Gasteiger partial charge >= 0.3 is 0 Å². The Labute approximate surface area is 95.1 Å². The summed E-state index contributed by atoms with van der Waals surface area (Å²) >= 11 is 0. The number of aromatic nitrogens is 2. The maximum atomic E-state index is 4.51. The van der Waals surface area contributed by atoms with Gasteiger partial charge in [-0.3, -0.25) is 4.68 Å². The number of nitrogens with one attached hydrogen (secondary N) is 1. The van der Waals surface area contributed by atoms with Gasteiger partial charge in [-0.15, -0.1) is 0 Å². The number of hydrogen-bond acceptors (Lipinski definition) is 2. The minimum absolute atomic E-state index is 0.906. The molecule has 1 aliphatic heterocycles. The molecule has 3 nitrogen and oxygen atoms in total. The highest BCUT2D eigenvalue weighted by molar-refractivity contribution is 5.69. The Balaban J connectivity index is 2.32. The topological polar surface area (TPSA) is 29.9 Å². The Morgan fingerprint density at radius 2 is 2.06 bits per heavy atom. The standard InChI is InChI=1S/C13H15N3/c1-9-12-8-14-7-10-5-3-4-6-11(10)13(12)16(2)15-9/h3-6,14H,7-8H2,1-2H3. The van der Waals surface area contributed by atoms with Gasteiger partial charge in [0.2, 0.25) is 0 Å². The van der Waals surface area contributed by atoms with Crippen LogP contribution in [0.5, 0.6) is 0 Å². The molecule has 1 N–H and O–H groups in total. The van der Waals surface area contributed by atoms with Gasteiger partial charge in [0.15, 0.2) is 0 Å². The monoisotopic (exact) mass is 213 g/mol. The van der Waals surface area contributed by atoms with Crippen molar-refractivity contribution in [1.82, 2.24) is 15.1 Å². The van der Waals surface area contributed by atoms with E-state index >= 15 is 0 Å². The third-order valence-corrected chi connectivity index (χ3v) is 3.24. The molecule has 0 radical (unpaired) electrons. The largest absolute Gasteiger partial charge is 0.308 e. The van der Waals surface area contributed by atoms with E-state index < -0.39 is 0 Å². The molecule has 0 spiro atoms. The van der Waals surface area contributed by atoms with Crippen LogP contribution >= 0.6 is 0 Å². The molecule has 1 aromatic carbocycles. The number of fused-ring (bicyclic) bond motifs is 3. The van der Waals surface area contributed by atoms with E-state index in [1.54, 1.807) is 0 Å². The van der Waals surface area contributed by atoms with Crippen LogP contribution in [0.3, 0.4) is 0 Å². The van der Waals surface area contributed by atoms with Gasteiger partial charge in [0.1, 0.15) is 0 Å². The zero-order valence-electron chi connectivity index (χ0n) is 9.62. The minimum Gasteiger partial charge on any atom is -0.308 e. The van der Waals surface area contributed by atoms with Gasteiger partial charge in [0, 0.05) is 31.3 Å². The maximum absolute atomic E-state index is 4.51. The summed E-state index contributed by atoms with van der Waals surface area (Å²) in [6, 6.07) is 8.55. The summed E-state index contributed by atoms with van der Waals surface area (Å²) in [7, 11) is 2.02. The summed E-state index contributed by atoms with van der Waals surface area (Å²) in [6.07, 6.45) is 0. The number of nitrogens with zero attached hydrogens (tertiary/aromatic N) is 2. The van der Waals surface area contributed by atoms with E-state index in [4.69, 9.17) is 0 Å². The first-order valence-electron chi connectivity index (χ1n) is 5.59. The molecule has 0 unspecified atom stereocenters. The van der Waals surface area contributed by atoms with Crippen LogP contribution in [0.25, 0.3) is 11.3 Å². The fraction of sp³-hybridized carbons (Fsp3) is 0.308. The molecule has 0 saturated heterocycles. The van der Waals surface area contributed by atoms with Gasteiger partial charge in [-0.05, 0) is 12.5 Å². The molecule has 0 aliphatic carbocycles. The molecule has 82 valence electrons. The Morgan fingerprint density at radius 3 is 2.94 bits per heavy atom. The van der Waals surface area contributed by atoms with Crippen molar-refractivity contribution in [2.24, 2.45) is 7.05 Å². The van der Waals surface area contributed by atoms with E-state index in [0.717, 1.165) is 18.8 Å². The van der Waals surface area contributed by atoms with Crippen LogP contribution in [-0.2, 0) is 20.1 Å². The number of benzene rings is 1. The average molecular weight is 213 g/mol. The zero-order chi connectivity index (χ0) is 11.1. The molecular weight excluding hydrogens is 198 g/mol. The summed E-state index contributed by atoms with van der Waals surface area (Å²) < 4.78 is 2.00. The highest BCUT2D eigenvalue weighted by Crippen LogP contribution is 2.30. The highest BCUT2D eigenvalue weighted by atomic mass is 15.3. The molecule has 0 amide bonds. The molecule has 0 saturated carbocycles. The van der Waals surface area contributed by atoms with E-state index in [1.165, 1.54) is 22.4 Å². The molecule has 3 heteroatoms. The normalized spacial score (nSPS) is 14.1. The van der Waals surface area contributed by atoms with Crippen LogP contribution in [0.15, 0.2) is 24.3 Å². The van der Waals surface area contributed by atoms with Crippen molar-refractivity contribution in [2.45, 2.75) is 20.0 Å². The first-order chi connectivity index (χ1) is 7.77. The van der Waals surface area contributed by atoms with Crippen molar-refractivity contribution in [2.75, 3.05) is 0 Å². The molecule has 1 aliphatic rings. The van der Waals surface area contributed by atoms with E-state index in [0.29, 0.717) is 0 Å². The van der Waals surface area contributed by atoms with Gasteiger partial charge < -0.3 is 5.32 Å². The second-order valence-electron chi connectivity index (χ2n) is 4.30. The van der Waals surface area contributed by atoms with Gasteiger partial charge in [0.25, 0.3) is 0 Å². The van der Waals surface area contributed by atoms with Crippen molar-refractivity contribution >= 4 is 0 Å². The maximum Gasteiger partial charge on any atom is 0.0730 e. The SMILES string of the molecule is Cc1nn(C)c2c1CNCc1ccccc1-2. The van der Waals surface area contributed by atoms with Gasteiger partial charge in [-0.25, -0.2) is 0 Å². The third-order valence-electron chi connectivity index (χ3n) is 3.24. The Morgan fingerprint density at radius 1 is 1.25 bits per heavy atom. The zero-order valence-corrected chi connectivity index (χ0v) is 9.62. The fourth-order valence-corrected chi connectivity index (χ4v) is 2.48. The molecule has 1 aromatic heterocycles. The molecule has 0 bridgehead atoms. The highest BCUT2D eigenvalue weighted by Gasteiger charge is 2.19. The van der Waals surface area contributed by atoms with E-state index in [9.17, 15) is 0 Å². The molecule has 16 heavy (non-hydrogen) atoms. The van der Waals surface area contributed by atoms with Crippen LogP contribution in [-0.4, -0.2) is 9.78 Å². The average Bonchev–Trinajstić information content (AvgIpc) is 2.49. The first kappa shape index (κ1) is 9.60. The van der Waals surface area contributed by atoms with Crippen molar-refractivity contribution in [3.63, 3.8) is 0 Å². The summed E-state index contributed by atoms with van der Waals surface area (Å²) in [4.78, 5) is 0. The van der Waals surface area contributed by atoms with Crippen molar-refractivity contribution in [3.8, 4) is 11.3 Å². The lowest BCUT2D eigenvalue weighted by molar-refractivity contribution is 0.699. The number of hydrogen-bond donors (Lipinski definition) is 1. The van der Waals surface area contributed by atoms with Crippen LogP contribution in [0.1, 0.15) is 16.8 Å². The number of rotatable bonds is 0. The van der Waals surface area contributed by atoms with Crippen LogP contribution in [0, 0.1) is 6.92 Å². The lowest BCUT2D eigenvalue weighted by atomic mass is 10.0. The van der Waals surface area contributed by atoms with Crippen molar-refractivity contribution < 1.29 is 0 Å². The first-order valence-corrected chi connectivity index (χ1v) is 5.59. The minimum atomic E-state index is 0.906. The molecule has 0 atom stereocenters. The van der Waals surface area contributed by atoms with Gasteiger partial charge in [-0.2, -0.15) is 5.10 Å². The van der Waals surface area contributed by atoms with Gasteiger partial charge in [0.05, 0.1) is 11.4 Å². The smallest absolute Gasteiger partial charge is 0.0730 e. The van der Waals surface area contributed by atoms with E-state index in [2.05, 4.69) is 41.6 Å². The Kier molecular flexibility index (Phi) is 2.07. The van der Waals surface area contributed by atoms with Crippen molar-refractivity contribution in [3.05, 3.63) is 41.1 Å². The quantitative estimate of drug-likeness (QED) is 0.725. The second-order valence-corrected chi connectivity index (χ2v) is 4.30. The van der Waals surface area contributed by atoms with Gasteiger partial charge in [-0.1, -0.05) is 24.3 Å². The van der Waals surface area contributed by atoms with Crippen molar-refractivity contribution in [1.29, 1.82) is 0 Å². The van der Waals surface area contributed by atoms with Crippen LogP contribution < -0.4 is 5.32 Å². The summed E-state index contributed by atoms with van der Waals surface area (Å²) in [5.41, 5.74) is 6.38. The molecule has 2 heterocycles. The van der Waals surface area contributed by atoms with Crippen LogP contribution in [0.2, 0.25) is 0 Å².